The van der Waals surface area contributed by atoms with Gasteiger partial charge in [-0.25, -0.2) is 0 Å². The van der Waals surface area contributed by atoms with Crippen LogP contribution >= 0.6 is 0 Å². The van der Waals surface area contributed by atoms with Gasteiger partial charge in [-0.05, 0) is 46.8 Å². The van der Waals surface area contributed by atoms with Crippen LogP contribution in [0.5, 0.6) is 0 Å². The number of nitrogens with zero attached hydrogens (tertiary/aromatic N) is 1. The molecule has 0 saturated carbocycles. The Morgan fingerprint density at radius 3 is 2.24 bits per heavy atom. The molecule has 1 nitrogen and oxygen atoms in total. The van der Waals surface area contributed by atoms with E-state index in [1.165, 1.54) is 27.5 Å². The second-order valence-electron chi connectivity index (χ2n) is 8.07. The maximum atomic E-state index is 2.45. The minimum Gasteiger partial charge on any atom is -0.295 e. The van der Waals surface area contributed by atoms with Gasteiger partial charge in [0.25, 0.3) is 0 Å². The maximum Gasteiger partial charge on any atom is 0.0326 e. The summed E-state index contributed by atoms with van der Waals surface area (Å²) in [5, 5.41) is 2.67. The van der Waals surface area contributed by atoms with Gasteiger partial charge < -0.3 is 0 Å². The second kappa shape index (κ2) is 7.01. The van der Waals surface area contributed by atoms with Gasteiger partial charge in [-0.1, -0.05) is 87.5 Å². The van der Waals surface area contributed by atoms with Crippen LogP contribution in [0.4, 0.5) is 0 Å². The fourth-order valence-electron chi connectivity index (χ4n) is 3.65. The van der Waals surface area contributed by atoms with Gasteiger partial charge in [-0.2, -0.15) is 0 Å². The Bertz CT molecular complexity index is 852. The van der Waals surface area contributed by atoms with Gasteiger partial charge in [-0.15, -0.1) is 0 Å². The minimum atomic E-state index is 0.167. The molecule has 3 aromatic carbocycles. The lowest BCUT2D eigenvalue weighted by Crippen LogP contribution is -2.24. The van der Waals surface area contributed by atoms with Crippen molar-refractivity contribution in [1.29, 1.82) is 0 Å². The number of fused-ring (bicyclic) bond motifs is 1. The zero-order valence-corrected chi connectivity index (χ0v) is 16.1. The van der Waals surface area contributed by atoms with Gasteiger partial charge in [-0.3, -0.25) is 4.90 Å². The van der Waals surface area contributed by atoms with Crippen LogP contribution in [-0.4, -0.2) is 11.9 Å². The molecule has 0 radical (unpaired) electrons. The van der Waals surface area contributed by atoms with E-state index in [-0.39, 0.29) is 5.41 Å². The summed E-state index contributed by atoms with van der Waals surface area (Å²) < 4.78 is 0. The molecule has 1 heteroatoms. The van der Waals surface area contributed by atoms with Crippen molar-refractivity contribution in [1.82, 2.24) is 4.90 Å². The smallest absolute Gasteiger partial charge is 0.0326 e. The van der Waals surface area contributed by atoms with Crippen LogP contribution in [-0.2, 0) is 12.0 Å². The summed E-state index contributed by atoms with van der Waals surface area (Å²) in [6.07, 6.45) is 0. The Kier molecular flexibility index (Phi) is 4.96. The summed E-state index contributed by atoms with van der Waals surface area (Å²) in [6.45, 7) is 10.1. The highest BCUT2D eigenvalue weighted by atomic mass is 15.1. The standard InChI is InChI=1S/C24H29N/c1-18(21-15-10-13-19-11-6-8-14-22(19)21)25(5)17-20-12-7-9-16-23(20)24(2,3)4/h6-16,18H,17H2,1-5H3. The molecule has 1 unspecified atom stereocenters. The molecule has 1 atom stereocenters. The van der Waals surface area contributed by atoms with Crippen molar-refractivity contribution in [3.63, 3.8) is 0 Å². The van der Waals surface area contributed by atoms with Crippen molar-refractivity contribution >= 4 is 10.8 Å². The molecule has 0 aliphatic heterocycles. The van der Waals surface area contributed by atoms with Crippen molar-refractivity contribution in [3.05, 3.63) is 83.4 Å². The minimum absolute atomic E-state index is 0.167. The Morgan fingerprint density at radius 1 is 0.840 bits per heavy atom. The summed E-state index contributed by atoms with van der Waals surface area (Å²) in [5.41, 5.74) is 4.42. The normalized spacial score (nSPS) is 13.4. The Hall–Kier alpha value is -2.12. The zero-order valence-electron chi connectivity index (χ0n) is 16.1. The summed E-state index contributed by atoms with van der Waals surface area (Å²) >= 11 is 0. The quantitative estimate of drug-likeness (QED) is 0.540. The van der Waals surface area contributed by atoms with Crippen LogP contribution in [0, 0.1) is 0 Å². The predicted octanol–water partition coefficient (Wildman–Crippen LogP) is 6.33. The topological polar surface area (TPSA) is 3.24 Å². The highest BCUT2D eigenvalue weighted by molar-refractivity contribution is 5.86. The van der Waals surface area contributed by atoms with Crippen molar-refractivity contribution in [2.75, 3.05) is 7.05 Å². The fourth-order valence-corrected chi connectivity index (χ4v) is 3.65. The van der Waals surface area contributed by atoms with Crippen LogP contribution < -0.4 is 0 Å². The highest BCUT2D eigenvalue weighted by Crippen LogP contribution is 2.31. The lowest BCUT2D eigenvalue weighted by molar-refractivity contribution is 0.252. The van der Waals surface area contributed by atoms with E-state index >= 15 is 0 Å². The maximum absolute atomic E-state index is 2.45. The Balaban J connectivity index is 1.90. The predicted molar refractivity (Wildman–Crippen MR) is 109 cm³/mol. The lowest BCUT2D eigenvalue weighted by atomic mass is 9.83. The molecule has 3 rings (SSSR count). The first-order chi connectivity index (χ1) is 11.9. The molecule has 130 valence electrons. The third kappa shape index (κ3) is 3.77. The molecule has 0 spiro atoms. The van der Waals surface area contributed by atoms with Crippen LogP contribution in [0.15, 0.2) is 66.7 Å². The first kappa shape index (κ1) is 17.7. The van der Waals surface area contributed by atoms with Crippen LogP contribution in [0.1, 0.15) is 50.4 Å². The number of benzene rings is 3. The van der Waals surface area contributed by atoms with Crippen molar-refractivity contribution < 1.29 is 0 Å². The summed E-state index contributed by atoms with van der Waals surface area (Å²) in [6, 6.07) is 24.5. The van der Waals surface area contributed by atoms with E-state index in [0.29, 0.717) is 6.04 Å². The van der Waals surface area contributed by atoms with Gasteiger partial charge in [0.15, 0.2) is 0 Å². The lowest BCUT2D eigenvalue weighted by Gasteiger charge is -2.29. The Morgan fingerprint density at radius 2 is 1.48 bits per heavy atom. The first-order valence-electron chi connectivity index (χ1n) is 9.14. The van der Waals surface area contributed by atoms with Crippen molar-refractivity contribution in [3.8, 4) is 0 Å². The van der Waals surface area contributed by atoms with Crippen LogP contribution in [0.2, 0.25) is 0 Å². The van der Waals surface area contributed by atoms with E-state index in [4.69, 9.17) is 0 Å². The van der Waals surface area contributed by atoms with Crippen molar-refractivity contribution in [2.45, 2.75) is 45.7 Å². The van der Waals surface area contributed by atoms with Gasteiger partial charge in [0.2, 0.25) is 0 Å². The summed E-state index contributed by atoms with van der Waals surface area (Å²) in [7, 11) is 2.23. The molecule has 0 fully saturated rings. The summed E-state index contributed by atoms with van der Waals surface area (Å²) in [5.74, 6) is 0. The largest absolute Gasteiger partial charge is 0.295 e. The van der Waals surface area contributed by atoms with Gasteiger partial charge in [0, 0.05) is 12.6 Å². The highest BCUT2D eigenvalue weighted by Gasteiger charge is 2.20. The monoisotopic (exact) mass is 331 g/mol. The van der Waals surface area contributed by atoms with Gasteiger partial charge in [0.05, 0.1) is 0 Å². The fraction of sp³-hybridized carbons (Fsp3) is 0.333. The summed E-state index contributed by atoms with van der Waals surface area (Å²) in [4.78, 5) is 2.45. The van der Waals surface area contributed by atoms with Crippen LogP contribution in [0.25, 0.3) is 10.8 Å². The molecule has 0 bridgehead atoms. The molecular formula is C24H29N. The molecule has 0 amide bonds. The van der Waals surface area contributed by atoms with Crippen LogP contribution in [0.3, 0.4) is 0 Å². The first-order valence-corrected chi connectivity index (χ1v) is 9.14. The molecule has 0 aromatic heterocycles. The SMILES string of the molecule is CC(c1cccc2ccccc12)N(C)Cc1ccccc1C(C)(C)C. The number of rotatable bonds is 4. The molecule has 0 aliphatic rings. The average Bonchev–Trinajstić information content (AvgIpc) is 2.60. The van der Waals surface area contributed by atoms with Gasteiger partial charge >= 0.3 is 0 Å². The molecular weight excluding hydrogens is 302 g/mol. The third-order valence-electron chi connectivity index (χ3n) is 5.18. The molecule has 3 aromatic rings. The van der Waals surface area contributed by atoms with E-state index in [2.05, 4.69) is 106 Å². The molecule has 0 heterocycles. The molecule has 0 N–H and O–H groups in total. The Labute approximate surface area is 152 Å². The number of hydrogen-bond acceptors (Lipinski definition) is 1. The van der Waals surface area contributed by atoms with E-state index in [9.17, 15) is 0 Å². The third-order valence-corrected chi connectivity index (χ3v) is 5.18. The van der Waals surface area contributed by atoms with E-state index in [0.717, 1.165) is 6.54 Å². The zero-order chi connectivity index (χ0) is 18.0. The molecule has 0 saturated heterocycles. The second-order valence-corrected chi connectivity index (χ2v) is 8.07. The van der Waals surface area contributed by atoms with Crippen molar-refractivity contribution in [2.24, 2.45) is 0 Å². The average molecular weight is 332 g/mol. The molecule has 0 aliphatic carbocycles. The van der Waals surface area contributed by atoms with E-state index in [1.807, 2.05) is 0 Å². The van der Waals surface area contributed by atoms with Gasteiger partial charge in [0.1, 0.15) is 0 Å². The number of hydrogen-bond donors (Lipinski definition) is 0. The van der Waals surface area contributed by atoms with E-state index < -0.39 is 0 Å². The molecule has 25 heavy (non-hydrogen) atoms. The van der Waals surface area contributed by atoms with E-state index in [1.54, 1.807) is 0 Å².